The van der Waals surface area contributed by atoms with E-state index in [1.807, 2.05) is 13.8 Å². The van der Waals surface area contributed by atoms with E-state index in [2.05, 4.69) is 0 Å². The summed E-state index contributed by atoms with van der Waals surface area (Å²) >= 11 is 0. The van der Waals surface area contributed by atoms with Crippen LogP contribution in [0.15, 0.2) is 0 Å². The van der Waals surface area contributed by atoms with Crippen LogP contribution in [-0.2, 0) is 9.53 Å². The van der Waals surface area contributed by atoms with Crippen LogP contribution in [0.4, 0.5) is 0 Å². The predicted molar refractivity (Wildman–Crippen MR) is 44.9 cm³/mol. The fourth-order valence-corrected chi connectivity index (χ4v) is 0.282. The molecule has 0 bridgehead atoms. The third kappa shape index (κ3) is 12.1. The van der Waals surface area contributed by atoms with Gasteiger partial charge < -0.3 is 20.7 Å². The van der Waals surface area contributed by atoms with Crippen LogP contribution in [0.2, 0.25) is 0 Å². The molecule has 0 aromatic carbocycles. The zero-order chi connectivity index (χ0) is 9.98. The van der Waals surface area contributed by atoms with Crippen molar-refractivity contribution in [3.05, 3.63) is 0 Å². The van der Waals surface area contributed by atoms with Crippen molar-refractivity contribution in [3.63, 3.8) is 0 Å². The second-order valence-corrected chi connectivity index (χ2v) is 1.91. The molecule has 0 aliphatic rings. The molecule has 5 heteroatoms. The van der Waals surface area contributed by atoms with Gasteiger partial charge in [-0.15, -0.1) is 0 Å². The quantitative estimate of drug-likeness (QED) is 0.537. The van der Waals surface area contributed by atoms with Gasteiger partial charge in [-0.05, 0) is 13.8 Å². The Labute approximate surface area is 72.1 Å². The van der Waals surface area contributed by atoms with E-state index in [4.69, 9.17) is 20.7 Å². The van der Waals surface area contributed by atoms with E-state index in [1.54, 1.807) is 0 Å². The molecule has 1 atom stereocenters. The van der Waals surface area contributed by atoms with Crippen LogP contribution in [0.5, 0.6) is 0 Å². The molecular formula is C7H17NO4. The topological polar surface area (TPSA) is 92.8 Å². The number of hydrogen-bond donors (Lipinski definition) is 3. The van der Waals surface area contributed by atoms with Crippen molar-refractivity contribution in [1.29, 1.82) is 0 Å². The molecule has 74 valence electrons. The van der Waals surface area contributed by atoms with Gasteiger partial charge in [0.2, 0.25) is 0 Å². The van der Waals surface area contributed by atoms with E-state index in [1.165, 1.54) is 0 Å². The molecule has 0 saturated heterocycles. The number of nitrogens with two attached hydrogens (primary N) is 1. The molecule has 0 fully saturated rings. The van der Waals surface area contributed by atoms with Gasteiger partial charge in [0.15, 0.2) is 0 Å². The first-order chi connectivity index (χ1) is 5.59. The van der Waals surface area contributed by atoms with Gasteiger partial charge in [0.05, 0.1) is 6.61 Å². The van der Waals surface area contributed by atoms with Crippen molar-refractivity contribution >= 4 is 5.97 Å². The molecule has 0 amide bonds. The number of carboxylic acids is 1. The highest BCUT2D eigenvalue weighted by Crippen LogP contribution is 1.71. The Bertz CT molecular complexity index is 106. The van der Waals surface area contributed by atoms with E-state index in [-0.39, 0.29) is 0 Å². The first-order valence-corrected chi connectivity index (χ1v) is 3.77. The van der Waals surface area contributed by atoms with Crippen LogP contribution in [-0.4, -0.2) is 42.0 Å². The number of carboxylic acid groups (broad SMARTS) is 1. The highest BCUT2D eigenvalue weighted by molar-refractivity contribution is 5.73. The summed E-state index contributed by atoms with van der Waals surface area (Å²) in [4.78, 5) is 9.65. The maximum Gasteiger partial charge on any atom is 0.322 e. The average molecular weight is 179 g/mol. The van der Waals surface area contributed by atoms with Crippen molar-refractivity contribution in [2.45, 2.75) is 19.9 Å². The average Bonchev–Trinajstić information content (AvgIpc) is 2.05. The number of aliphatic carboxylic acids is 1. The Hall–Kier alpha value is -0.650. The summed E-state index contributed by atoms with van der Waals surface area (Å²) in [6.07, 6.45) is 0. The zero-order valence-corrected chi connectivity index (χ0v) is 7.49. The molecule has 0 aromatic rings. The van der Waals surface area contributed by atoms with Gasteiger partial charge in [-0.2, -0.15) is 0 Å². The summed E-state index contributed by atoms with van der Waals surface area (Å²) in [6.45, 7) is 5.16. The molecule has 0 heterocycles. The lowest BCUT2D eigenvalue weighted by molar-refractivity contribution is -0.139. The molecule has 0 rings (SSSR count). The van der Waals surface area contributed by atoms with Crippen LogP contribution in [0.25, 0.3) is 0 Å². The van der Waals surface area contributed by atoms with Gasteiger partial charge in [0.1, 0.15) is 6.04 Å². The summed E-state index contributed by atoms with van der Waals surface area (Å²) in [5.74, 6) is -1.18. The van der Waals surface area contributed by atoms with Gasteiger partial charge >= 0.3 is 5.97 Å². The van der Waals surface area contributed by atoms with Crippen molar-refractivity contribution in [2.75, 3.05) is 19.8 Å². The maximum absolute atomic E-state index is 9.65. The van der Waals surface area contributed by atoms with Gasteiger partial charge in [-0.1, -0.05) is 0 Å². The first kappa shape index (κ1) is 13.9. The van der Waals surface area contributed by atoms with Crippen molar-refractivity contribution in [3.8, 4) is 0 Å². The summed E-state index contributed by atoms with van der Waals surface area (Å²) in [7, 11) is 0. The largest absolute Gasteiger partial charge is 0.480 e. The highest BCUT2D eigenvalue weighted by Gasteiger charge is 2.06. The Morgan fingerprint density at radius 3 is 1.92 bits per heavy atom. The predicted octanol–water partition coefficient (Wildman–Crippen LogP) is -0.567. The monoisotopic (exact) mass is 179 g/mol. The fraction of sp³-hybridized carbons (Fsp3) is 0.857. The van der Waals surface area contributed by atoms with Gasteiger partial charge in [-0.3, -0.25) is 4.79 Å². The Morgan fingerprint density at radius 1 is 1.50 bits per heavy atom. The number of ether oxygens (including phenoxy) is 1. The van der Waals surface area contributed by atoms with Crippen LogP contribution in [0, 0.1) is 0 Å². The summed E-state index contributed by atoms with van der Waals surface area (Å²) in [6, 6.07) is -1.13. The lowest BCUT2D eigenvalue weighted by Gasteiger charge is -1.96. The second kappa shape index (κ2) is 10.3. The molecule has 4 N–H and O–H groups in total. The smallest absolute Gasteiger partial charge is 0.322 e. The Kier molecular flexibility index (Phi) is 12.0. The number of aliphatic hydroxyl groups is 1. The molecule has 12 heavy (non-hydrogen) atoms. The van der Waals surface area contributed by atoms with Crippen LogP contribution in [0.1, 0.15) is 13.8 Å². The summed E-state index contributed by atoms with van der Waals surface area (Å²) in [5, 5.41) is 15.9. The van der Waals surface area contributed by atoms with Gasteiger partial charge in [-0.25, -0.2) is 0 Å². The number of aliphatic hydroxyl groups excluding tert-OH is 1. The Morgan fingerprint density at radius 2 is 1.92 bits per heavy atom. The molecule has 0 spiro atoms. The first-order valence-electron chi connectivity index (χ1n) is 3.77. The second-order valence-electron chi connectivity index (χ2n) is 1.91. The zero-order valence-electron chi connectivity index (χ0n) is 7.49. The Balaban J connectivity index is 0. The molecule has 0 saturated carbocycles. The molecule has 5 nitrogen and oxygen atoms in total. The SMILES string of the molecule is CCOCC.NC(CO)C(=O)O. The van der Waals surface area contributed by atoms with Crippen molar-refractivity contribution in [2.24, 2.45) is 5.73 Å². The minimum atomic E-state index is -1.18. The van der Waals surface area contributed by atoms with Gasteiger partial charge in [0.25, 0.3) is 0 Å². The summed E-state index contributed by atoms with van der Waals surface area (Å²) < 4.78 is 4.83. The fourth-order valence-electron chi connectivity index (χ4n) is 0.282. The van der Waals surface area contributed by atoms with E-state index in [0.717, 1.165) is 13.2 Å². The molecule has 0 radical (unpaired) electrons. The van der Waals surface area contributed by atoms with Crippen molar-refractivity contribution in [1.82, 2.24) is 0 Å². The standard InChI is InChI=1S/C4H10O.C3H7NO3/c1-3-5-4-2;4-2(1-5)3(6)7/h3-4H2,1-2H3;2,5H,1,4H2,(H,6,7). The number of hydrogen-bond acceptors (Lipinski definition) is 4. The van der Waals surface area contributed by atoms with Crippen LogP contribution < -0.4 is 5.73 Å². The molecule has 0 aliphatic carbocycles. The minimum Gasteiger partial charge on any atom is -0.480 e. The van der Waals surface area contributed by atoms with Gasteiger partial charge in [0, 0.05) is 13.2 Å². The van der Waals surface area contributed by atoms with Crippen LogP contribution >= 0.6 is 0 Å². The molecule has 1 unspecified atom stereocenters. The summed E-state index contributed by atoms with van der Waals surface area (Å²) in [5.41, 5.74) is 4.77. The number of carbonyl (C=O) groups is 1. The maximum atomic E-state index is 9.65. The third-order valence-electron chi connectivity index (χ3n) is 0.922. The minimum absolute atomic E-state index is 0.505. The van der Waals surface area contributed by atoms with E-state index < -0.39 is 18.6 Å². The lowest BCUT2D eigenvalue weighted by Crippen LogP contribution is -2.33. The van der Waals surface area contributed by atoms with E-state index in [0.29, 0.717) is 0 Å². The normalized spacial score (nSPS) is 11.3. The third-order valence-corrected chi connectivity index (χ3v) is 0.922. The highest BCUT2D eigenvalue weighted by atomic mass is 16.5. The van der Waals surface area contributed by atoms with E-state index in [9.17, 15) is 4.79 Å². The molecule has 0 aliphatic heterocycles. The van der Waals surface area contributed by atoms with Crippen molar-refractivity contribution < 1.29 is 19.7 Å². The molecular weight excluding hydrogens is 162 g/mol. The molecule has 0 aromatic heterocycles. The van der Waals surface area contributed by atoms with E-state index >= 15 is 0 Å². The number of rotatable bonds is 4. The van der Waals surface area contributed by atoms with Crippen LogP contribution in [0.3, 0.4) is 0 Å². The lowest BCUT2D eigenvalue weighted by atomic mass is 10.3.